The normalized spacial score (nSPS) is 19.5. The van der Waals surface area contributed by atoms with Crippen molar-refractivity contribution in [2.45, 2.75) is 38.8 Å². The fourth-order valence-electron chi connectivity index (χ4n) is 3.18. The van der Waals surface area contributed by atoms with Crippen LogP contribution in [0.1, 0.15) is 35.9 Å². The minimum absolute atomic E-state index is 0.00268. The predicted molar refractivity (Wildman–Crippen MR) is 89.0 cm³/mol. The highest BCUT2D eigenvalue weighted by atomic mass is 19.3. The van der Waals surface area contributed by atoms with Crippen LogP contribution in [0.3, 0.4) is 0 Å². The van der Waals surface area contributed by atoms with Crippen LogP contribution in [-0.4, -0.2) is 55.6 Å². The van der Waals surface area contributed by atoms with Gasteiger partial charge in [-0.15, -0.1) is 5.10 Å². The van der Waals surface area contributed by atoms with Crippen molar-refractivity contribution in [1.29, 1.82) is 0 Å². The van der Waals surface area contributed by atoms with Gasteiger partial charge in [-0.2, -0.15) is 8.78 Å². The third kappa shape index (κ3) is 3.34. The van der Waals surface area contributed by atoms with Crippen LogP contribution in [-0.2, 0) is 4.79 Å². The molecule has 0 spiro atoms. The van der Waals surface area contributed by atoms with E-state index in [1.165, 1.54) is 40.8 Å². The first kappa shape index (κ1) is 18.7. The molecule has 1 aliphatic heterocycles. The summed E-state index contributed by atoms with van der Waals surface area (Å²) in [4.78, 5) is 25.7. The third-order valence-electron chi connectivity index (χ3n) is 4.75. The Morgan fingerprint density at radius 3 is 2.56 bits per heavy atom. The zero-order chi connectivity index (χ0) is 19.8. The summed E-state index contributed by atoms with van der Waals surface area (Å²) in [5, 5.41) is 17.3. The molecular formula is C17H18F2N4O4. The summed E-state index contributed by atoms with van der Waals surface area (Å²) in [7, 11) is 0. The van der Waals surface area contributed by atoms with E-state index in [9.17, 15) is 23.5 Å². The zero-order valence-electron chi connectivity index (χ0n) is 14.7. The Morgan fingerprint density at radius 2 is 1.96 bits per heavy atom. The van der Waals surface area contributed by atoms with Crippen molar-refractivity contribution in [1.82, 2.24) is 19.9 Å². The Labute approximate surface area is 153 Å². The molecule has 1 aliphatic rings. The van der Waals surface area contributed by atoms with Crippen LogP contribution in [0, 0.1) is 6.92 Å². The van der Waals surface area contributed by atoms with Crippen LogP contribution in [0.5, 0.6) is 5.75 Å². The molecule has 0 radical (unpaired) electrons. The highest BCUT2D eigenvalue weighted by Crippen LogP contribution is 2.31. The summed E-state index contributed by atoms with van der Waals surface area (Å²) in [5.41, 5.74) is -0.302. The van der Waals surface area contributed by atoms with E-state index in [2.05, 4.69) is 15.0 Å². The van der Waals surface area contributed by atoms with Gasteiger partial charge in [0.15, 0.2) is 5.69 Å². The van der Waals surface area contributed by atoms with Gasteiger partial charge >= 0.3 is 12.6 Å². The SMILES string of the molecule is Cc1c(C(=O)N2CCCC2(C)C(=O)O)nnn1-c1ccc(OC(F)F)cc1. The topological polar surface area (TPSA) is 97.5 Å². The van der Waals surface area contributed by atoms with Gasteiger partial charge in [0, 0.05) is 6.54 Å². The number of halogens is 2. The molecule has 1 aromatic carbocycles. The maximum Gasteiger partial charge on any atom is 0.387 e. The molecule has 10 heteroatoms. The van der Waals surface area contributed by atoms with Crippen molar-refractivity contribution < 1.29 is 28.2 Å². The fraction of sp³-hybridized carbons (Fsp3) is 0.412. The molecule has 0 aliphatic carbocycles. The van der Waals surface area contributed by atoms with Gasteiger partial charge in [0.2, 0.25) is 0 Å². The number of rotatable bonds is 5. The second kappa shape index (κ2) is 6.93. The van der Waals surface area contributed by atoms with Gasteiger partial charge in [-0.25, -0.2) is 9.48 Å². The van der Waals surface area contributed by atoms with Crippen LogP contribution in [0.15, 0.2) is 24.3 Å². The summed E-state index contributed by atoms with van der Waals surface area (Å²) < 4.78 is 30.1. The average molecular weight is 380 g/mol. The van der Waals surface area contributed by atoms with E-state index in [4.69, 9.17) is 0 Å². The summed E-state index contributed by atoms with van der Waals surface area (Å²) in [6.07, 6.45) is 0.959. The zero-order valence-corrected chi connectivity index (χ0v) is 14.7. The number of carbonyl (C=O) groups excluding carboxylic acids is 1. The molecule has 1 atom stereocenters. The average Bonchev–Trinajstić information content (AvgIpc) is 3.19. The highest BCUT2D eigenvalue weighted by molar-refractivity contribution is 5.97. The number of benzene rings is 1. The van der Waals surface area contributed by atoms with E-state index in [1.54, 1.807) is 6.92 Å². The van der Waals surface area contributed by atoms with Gasteiger partial charge in [0.25, 0.3) is 5.91 Å². The number of aromatic nitrogens is 3. The maximum absolute atomic E-state index is 12.9. The Kier molecular flexibility index (Phi) is 4.81. The molecular weight excluding hydrogens is 362 g/mol. The molecule has 1 unspecified atom stereocenters. The Bertz CT molecular complexity index is 868. The first-order valence-corrected chi connectivity index (χ1v) is 8.27. The van der Waals surface area contributed by atoms with Gasteiger partial charge in [0.1, 0.15) is 11.3 Å². The molecule has 2 heterocycles. The lowest BCUT2D eigenvalue weighted by Gasteiger charge is -2.30. The molecule has 1 fully saturated rings. The number of carbonyl (C=O) groups is 2. The number of amides is 1. The maximum atomic E-state index is 12.9. The number of alkyl halides is 2. The minimum atomic E-state index is -2.92. The van der Waals surface area contributed by atoms with E-state index >= 15 is 0 Å². The second-order valence-corrected chi connectivity index (χ2v) is 6.45. The molecule has 1 amide bonds. The Morgan fingerprint density at radius 1 is 1.30 bits per heavy atom. The van der Waals surface area contributed by atoms with Crippen LogP contribution >= 0.6 is 0 Å². The van der Waals surface area contributed by atoms with Crippen molar-refractivity contribution in [2.75, 3.05) is 6.54 Å². The Hall–Kier alpha value is -3.04. The van der Waals surface area contributed by atoms with Crippen molar-refractivity contribution in [3.63, 3.8) is 0 Å². The molecule has 3 rings (SSSR count). The number of ether oxygens (including phenoxy) is 1. The van der Waals surface area contributed by atoms with Crippen molar-refractivity contribution in [2.24, 2.45) is 0 Å². The lowest BCUT2D eigenvalue weighted by Crippen LogP contribution is -2.51. The standard InChI is InChI=1S/C17H18F2N4O4/c1-10-13(14(24)22-9-3-8-17(22,2)15(25)26)20-21-23(10)11-4-6-12(7-5-11)27-16(18)19/h4-7,16H,3,8-9H2,1-2H3,(H,25,26). The minimum Gasteiger partial charge on any atom is -0.480 e. The number of likely N-dealkylation sites (tertiary alicyclic amines) is 1. The van der Waals surface area contributed by atoms with Gasteiger partial charge in [0.05, 0.1) is 11.4 Å². The van der Waals surface area contributed by atoms with Crippen molar-refractivity contribution in [3.8, 4) is 11.4 Å². The lowest BCUT2D eigenvalue weighted by molar-refractivity contribution is -0.147. The van der Waals surface area contributed by atoms with Crippen LogP contribution in [0.4, 0.5) is 8.78 Å². The first-order valence-electron chi connectivity index (χ1n) is 8.27. The third-order valence-corrected chi connectivity index (χ3v) is 4.75. The molecule has 27 heavy (non-hydrogen) atoms. The number of hydrogen-bond acceptors (Lipinski definition) is 5. The molecule has 0 bridgehead atoms. The van der Waals surface area contributed by atoms with Crippen LogP contribution < -0.4 is 4.74 Å². The lowest BCUT2D eigenvalue weighted by atomic mass is 9.99. The fourth-order valence-corrected chi connectivity index (χ4v) is 3.18. The van der Waals surface area contributed by atoms with Crippen LogP contribution in [0.2, 0.25) is 0 Å². The molecule has 1 aromatic heterocycles. The second-order valence-electron chi connectivity index (χ2n) is 6.45. The number of aliphatic carboxylic acids is 1. The monoisotopic (exact) mass is 380 g/mol. The molecule has 2 aromatic rings. The molecule has 1 saturated heterocycles. The summed E-state index contributed by atoms with van der Waals surface area (Å²) in [6.45, 7) is 0.553. The number of carboxylic acids is 1. The summed E-state index contributed by atoms with van der Waals surface area (Å²) in [6, 6.07) is 5.72. The van der Waals surface area contributed by atoms with E-state index < -0.39 is 24.0 Å². The smallest absolute Gasteiger partial charge is 0.387 e. The van der Waals surface area contributed by atoms with Gasteiger partial charge in [-0.05, 0) is 51.0 Å². The number of hydrogen-bond donors (Lipinski definition) is 1. The van der Waals surface area contributed by atoms with Gasteiger partial charge < -0.3 is 14.7 Å². The van der Waals surface area contributed by atoms with E-state index in [0.29, 0.717) is 30.8 Å². The van der Waals surface area contributed by atoms with Crippen molar-refractivity contribution in [3.05, 3.63) is 35.7 Å². The predicted octanol–water partition coefficient (Wildman–Crippen LogP) is 2.26. The Balaban J connectivity index is 1.87. The largest absolute Gasteiger partial charge is 0.480 e. The molecule has 8 nitrogen and oxygen atoms in total. The number of carboxylic acid groups (broad SMARTS) is 1. The van der Waals surface area contributed by atoms with Crippen LogP contribution in [0.25, 0.3) is 5.69 Å². The molecule has 144 valence electrons. The summed E-state index contributed by atoms with van der Waals surface area (Å²) in [5.74, 6) is -1.57. The van der Waals surface area contributed by atoms with Gasteiger partial charge in [-0.1, -0.05) is 5.21 Å². The van der Waals surface area contributed by atoms with E-state index in [-0.39, 0.29) is 11.4 Å². The molecule has 1 N–H and O–H groups in total. The highest BCUT2D eigenvalue weighted by Gasteiger charge is 2.47. The summed E-state index contributed by atoms with van der Waals surface area (Å²) >= 11 is 0. The first-order chi connectivity index (χ1) is 12.7. The molecule has 0 saturated carbocycles. The van der Waals surface area contributed by atoms with Crippen molar-refractivity contribution >= 4 is 11.9 Å². The quantitative estimate of drug-likeness (QED) is 0.855. The van der Waals surface area contributed by atoms with Gasteiger partial charge in [-0.3, -0.25) is 4.79 Å². The van der Waals surface area contributed by atoms with E-state index in [1.807, 2.05) is 0 Å². The van der Waals surface area contributed by atoms with E-state index in [0.717, 1.165) is 0 Å². The number of nitrogens with zero attached hydrogens (tertiary/aromatic N) is 4.